The van der Waals surface area contributed by atoms with Crippen LogP contribution in [-0.2, 0) is 10.0 Å². The highest BCUT2D eigenvalue weighted by Crippen LogP contribution is 2.23. The Labute approximate surface area is 97.1 Å². The lowest BCUT2D eigenvalue weighted by Crippen LogP contribution is -2.52. The van der Waals surface area contributed by atoms with Gasteiger partial charge in [-0.15, -0.1) is 5.69 Å². The Balaban J connectivity index is 2.79. The van der Waals surface area contributed by atoms with Gasteiger partial charge >= 0.3 is 0 Å². The molecule has 3 N–H and O–H groups in total. The summed E-state index contributed by atoms with van der Waals surface area (Å²) in [5.74, 6) is -0.00151. The van der Waals surface area contributed by atoms with Crippen molar-refractivity contribution in [3.05, 3.63) is 32.6 Å². The van der Waals surface area contributed by atoms with E-state index in [-0.39, 0.29) is 5.75 Å². The predicted octanol–water partition coefficient (Wildman–Crippen LogP) is 0.868. The maximum absolute atomic E-state index is 11.3. The Bertz CT molecular complexity index is 406. The van der Waals surface area contributed by atoms with Gasteiger partial charge in [0.2, 0.25) is 0 Å². The molecule has 4 nitrogen and oxygen atoms in total. The van der Waals surface area contributed by atoms with Crippen molar-refractivity contribution in [3.8, 4) is 0 Å². The standard InChI is InChI=1S/C8H10IN2O2S/c9-7-2-1-3-8(6-7)11-14(12,13)5-4-10/h1-3,6H,4-5,10H2/q-1/p+1. The molecule has 0 aliphatic rings. The van der Waals surface area contributed by atoms with Crippen LogP contribution in [0.25, 0.3) is 4.72 Å². The first-order chi connectivity index (χ1) is 6.53. The molecule has 0 atom stereocenters. The van der Waals surface area contributed by atoms with E-state index in [0.717, 1.165) is 3.57 Å². The van der Waals surface area contributed by atoms with Crippen molar-refractivity contribution in [2.75, 3.05) is 12.3 Å². The fraction of sp³-hybridized carbons (Fsp3) is 0.250. The highest BCUT2D eigenvalue weighted by atomic mass is 127. The lowest BCUT2D eigenvalue weighted by Gasteiger charge is -2.20. The van der Waals surface area contributed by atoms with Gasteiger partial charge in [-0.1, -0.05) is 18.2 Å². The van der Waals surface area contributed by atoms with E-state index in [1.165, 1.54) is 0 Å². The Hall–Kier alpha value is -0.340. The predicted molar refractivity (Wildman–Crippen MR) is 63.7 cm³/mol. The van der Waals surface area contributed by atoms with Gasteiger partial charge in [-0.25, -0.2) is 8.42 Å². The van der Waals surface area contributed by atoms with Crippen LogP contribution in [0.4, 0.5) is 5.69 Å². The summed E-state index contributed by atoms with van der Waals surface area (Å²) in [5.41, 5.74) is 3.97. The Morgan fingerprint density at radius 3 is 2.71 bits per heavy atom. The van der Waals surface area contributed by atoms with Crippen molar-refractivity contribution in [1.82, 2.24) is 0 Å². The number of nitrogens with zero attached hydrogens (tertiary/aromatic N) is 1. The maximum atomic E-state index is 11.3. The molecular formula is C8H11IN2O2S. The van der Waals surface area contributed by atoms with Crippen LogP contribution in [0.5, 0.6) is 0 Å². The van der Waals surface area contributed by atoms with Gasteiger partial charge in [-0.3, -0.25) is 0 Å². The third-order valence-electron chi connectivity index (χ3n) is 1.45. The molecule has 0 aromatic heterocycles. The van der Waals surface area contributed by atoms with Gasteiger partial charge in [0.15, 0.2) is 0 Å². The van der Waals surface area contributed by atoms with Gasteiger partial charge in [0.05, 0.1) is 22.3 Å². The largest absolute Gasteiger partial charge is 0.577 e. The van der Waals surface area contributed by atoms with Crippen LogP contribution in [0, 0.1) is 3.57 Å². The van der Waals surface area contributed by atoms with Gasteiger partial charge < -0.3 is 10.5 Å². The monoisotopic (exact) mass is 326 g/mol. The van der Waals surface area contributed by atoms with Crippen LogP contribution in [0.2, 0.25) is 0 Å². The second-order valence-corrected chi connectivity index (χ2v) is 5.71. The fourth-order valence-electron chi connectivity index (χ4n) is 0.922. The summed E-state index contributed by atoms with van der Waals surface area (Å²) in [5, 5.41) is 0. The molecule has 14 heavy (non-hydrogen) atoms. The summed E-state index contributed by atoms with van der Waals surface area (Å²) in [7, 11) is -3.34. The number of benzene rings is 1. The fourth-order valence-corrected chi connectivity index (χ4v) is 2.34. The van der Waals surface area contributed by atoms with E-state index in [1.807, 2.05) is 6.07 Å². The summed E-state index contributed by atoms with van der Waals surface area (Å²) in [4.78, 5) is 0. The van der Waals surface area contributed by atoms with Crippen molar-refractivity contribution >= 4 is 38.3 Å². The lowest BCUT2D eigenvalue weighted by molar-refractivity contribution is -0.360. The summed E-state index contributed by atoms with van der Waals surface area (Å²) in [6.07, 6.45) is 0. The molecular weight excluding hydrogens is 315 g/mol. The maximum Gasteiger partial charge on any atom is 0.0993 e. The number of hydrogen-bond donors (Lipinski definition) is 1. The van der Waals surface area contributed by atoms with Crippen LogP contribution in [-0.4, -0.2) is 20.7 Å². The van der Waals surface area contributed by atoms with Crippen LogP contribution in [0.3, 0.4) is 0 Å². The molecule has 6 heteroatoms. The molecule has 1 rings (SSSR count). The summed E-state index contributed by atoms with van der Waals surface area (Å²) in [6, 6.07) is 7.05. The lowest BCUT2D eigenvalue weighted by atomic mass is 10.3. The molecule has 0 aliphatic carbocycles. The van der Waals surface area contributed by atoms with Crippen molar-refractivity contribution in [2.24, 2.45) is 0 Å². The van der Waals surface area contributed by atoms with Gasteiger partial charge in [0, 0.05) is 3.57 Å². The van der Waals surface area contributed by atoms with Crippen LogP contribution in [0.1, 0.15) is 0 Å². The van der Waals surface area contributed by atoms with Crippen molar-refractivity contribution < 1.29 is 14.2 Å². The second kappa shape index (κ2) is 4.94. The minimum Gasteiger partial charge on any atom is -0.577 e. The Kier molecular flexibility index (Phi) is 4.14. The number of hydrogen-bond acceptors (Lipinski definition) is 2. The van der Waals surface area contributed by atoms with Crippen molar-refractivity contribution in [3.63, 3.8) is 0 Å². The first-order valence-electron chi connectivity index (χ1n) is 4.04. The first kappa shape index (κ1) is 11.7. The third kappa shape index (κ3) is 3.81. The zero-order valence-corrected chi connectivity index (χ0v) is 10.5. The molecule has 0 saturated carbocycles. The molecule has 0 heterocycles. The average molecular weight is 326 g/mol. The molecule has 0 unspecified atom stereocenters. The van der Waals surface area contributed by atoms with E-state index < -0.39 is 10.0 Å². The molecule has 0 radical (unpaired) electrons. The highest BCUT2D eigenvalue weighted by molar-refractivity contribution is 14.1. The number of quaternary nitrogens is 1. The number of halogens is 1. The van der Waals surface area contributed by atoms with E-state index in [9.17, 15) is 8.42 Å². The minimum absolute atomic E-state index is 0.00151. The number of rotatable bonds is 4. The second-order valence-electron chi connectivity index (χ2n) is 2.71. The Morgan fingerprint density at radius 1 is 1.43 bits per heavy atom. The van der Waals surface area contributed by atoms with Gasteiger partial charge in [0.25, 0.3) is 0 Å². The summed E-state index contributed by atoms with van der Waals surface area (Å²) >= 11 is 2.11. The van der Waals surface area contributed by atoms with E-state index in [0.29, 0.717) is 12.2 Å². The molecule has 0 fully saturated rings. The molecule has 0 aliphatic heterocycles. The SMILES string of the molecule is [NH3+]CCS(=O)(=O)[N-]c1cccc(I)c1. The highest BCUT2D eigenvalue weighted by Gasteiger charge is 1.98. The summed E-state index contributed by atoms with van der Waals surface area (Å²) in [6.45, 7) is 0.343. The van der Waals surface area contributed by atoms with Crippen LogP contribution >= 0.6 is 22.6 Å². The minimum atomic E-state index is -3.34. The number of sulfonamides is 1. The average Bonchev–Trinajstić information content (AvgIpc) is 2.02. The zero-order valence-electron chi connectivity index (χ0n) is 7.48. The van der Waals surface area contributed by atoms with Gasteiger partial charge in [-0.05, 0) is 28.7 Å². The molecule has 0 spiro atoms. The molecule has 1 aromatic carbocycles. The van der Waals surface area contributed by atoms with Crippen LogP contribution in [0.15, 0.2) is 24.3 Å². The normalized spacial score (nSPS) is 11.3. The molecule has 78 valence electrons. The smallest absolute Gasteiger partial charge is 0.0993 e. The van der Waals surface area contributed by atoms with Crippen LogP contribution < -0.4 is 5.73 Å². The third-order valence-corrected chi connectivity index (χ3v) is 3.42. The first-order valence-corrected chi connectivity index (χ1v) is 6.73. The van der Waals surface area contributed by atoms with E-state index >= 15 is 0 Å². The molecule has 1 aromatic rings. The van der Waals surface area contributed by atoms with E-state index in [2.05, 4.69) is 33.0 Å². The molecule has 0 saturated heterocycles. The van der Waals surface area contributed by atoms with Gasteiger partial charge in [-0.2, -0.15) is 0 Å². The van der Waals surface area contributed by atoms with Gasteiger partial charge in [0.1, 0.15) is 0 Å². The topological polar surface area (TPSA) is 75.9 Å². The Morgan fingerprint density at radius 2 is 2.14 bits per heavy atom. The molecule has 0 amide bonds. The van der Waals surface area contributed by atoms with Crippen molar-refractivity contribution in [1.29, 1.82) is 0 Å². The van der Waals surface area contributed by atoms with E-state index in [1.54, 1.807) is 18.2 Å². The van der Waals surface area contributed by atoms with E-state index in [4.69, 9.17) is 0 Å². The molecule has 0 bridgehead atoms. The zero-order chi connectivity index (χ0) is 10.6. The quantitative estimate of drug-likeness (QED) is 0.834. The summed E-state index contributed by atoms with van der Waals surface area (Å²) < 4.78 is 27.2. The van der Waals surface area contributed by atoms with Crippen molar-refractivity contribution in [2.45, 2.75) is 0 Å².